The van der Waals surface area contributed by atoms with Crippen LogP contribution in [0.2, 0.25) is 0 Å². The first kappa shape index (κ1) is 12.5. The molecule has 0 aliphatic heterocycles. The molecule has 3 aliphatic carbocycles. The van der Waals surface area contributed by atoms with Crippen molar-refractivity contribution in [3.05, 3.63) is 0 Å². The number of hydrogen-bond acceptors (Lipinski definition) is 3. The van der Waals surface area contributed by atoms with Crippen LogP contribution in [-0.4, -0.2) is 31.4 Å². The summed E-state index contributed by atoms with van der Waals surface area (Å²) in [6.07, 6.45) is 9.30. The number of hydrogen-bond donors (Lipinski definition) is 1. The van der Waals surface area contributed by atoms with E-state index in [9.17, 15) is 13.2 Å². The Balaban J connectivity index is 1.59. The zero-order valence-corrected chi connectivity index (χ0v) is 11.7. The summed E-state index contributed by atoms with van der Waals surface area (Å²) in [4.78, 5) is 12.1. The van der Waals surface area contributed by atoms with E-state index in [0.717, 1.165) is 12.8 Å². The number of carbonyl (C=O) groups is 1. The molecule has 3 fully saturated rings. The van der Waals surface area contributed by atoms with Gasteiger partial charge >= 0.3 is 0 Å². The Morgan fingerprint density at radius 3 is 2.00 bits per heavy atom. The standard InChI is InChI=1S/C13H21NO3S/c1-18(16,17)13(8-9-13)11(15)14-10-2-4-12(5-3-10)6-7-12/h10H,2-9H2,1H3,(H,14,15). The first-order valence-corrected chi connectivity index (χ1v) is 8.77. The molecule has 0 bridgehead atoms. The number of sulfone groups is 1. The molecule has 18 heavy (non-hydrogen) atoms. The highest BCUT2D eigenvalue weighted by atomic mass is 32.2. The van der Waals surface area contributed by atoms with E-state index in [1.165, 1.54) is 31.9 Å². The summed E-state index contributed by atoms with van der Waals surface area (Å²) in [5.41, 5.74) is 0.606. The van der Waals surface area contributed by atoms with E-state index in [4.69, 9.17) is 0 Å². The van der Waals surface area contributed by atoms with Gasteiger partial charge in [-0.25, -0.2) is 8.42 Å². The molecule has 5 heteroatoms. The molecule has 0 radical (unpaired) electrons. The largest absolute Gasteiger partial charge is 0.352 e. The molecular formula is C13H21NO3S. The molecule has 3 aliphatic rings. The fourth-order valence-electron chi connectivity index (χ4n) is 3.25. The molecular weight excluding hydrogens is 250 g/mol. The van der Waals surface area contributed by atoms with Gasteiger partial charge in [-0.15, -0.1) is 0 Å². The lowest BCUT2D eigenvalue weighted by Gasteiger charge is -2.30. The van der Waals surface area contributed by atoms with E-state index >= 15 is 0 Å². The zero-order chi connectivity index (χ0) is 13.0. The van der Waals surface area contributed by atoms with Crippen molar-refractivity contribution in [3.63, 3.8) is 0 Å². The van der Waals surface area contributed by atoms with Crippen molar-refractivity contribution in [3.8, 4) is 0 Å². The molecule has 3 rings (SSSR count). The third-order valence-corrected chi connectivity index (χ3v) is 7.18. The average molecular weight is 271 g/mol. The van der Waals surface area contributed by atoms with Crippen LogP contribution >= 0.6 is 0 Å². The Bertz CT molecular complexity index is 464. The minimum atomic E-state index is -3.26. The van der Waals surface area contributed by atoms with E-state index in [1.807, 2.05) is 0 Å². The van der Waals surface area contributed by atoms with Gasteiger partial charge < -0.3 is 5.32 Å². The third kappa shape index (κ3) is 1.96. The van der Waals surface area contributed by atoms with E-state index in [-0.39, 0.29) is 11.9 Å². The van der Waals surface area contributed by atoms with Crippen LogP contribution in [0.4, 0.5) is 0 Å². The lowest BCUT2D eigenvalue weighted by molar-refractivity contribution is -0.122. The Hall–Kier alpha value is -0.580. The van der Waals surface area contributed by atoms with Crippen molar-refractivity contribution in [2.24, 2.45) is 5.41 Å². The minimum absolute atomic E-state index is 0.197. The molecule has 1 amide bonds. The summed E-state index contributed by atoms with van der Waals surface area (Å²) in [6, 6.07) is 0.197. The van der Waals surface area contributed by atoms with Crippen LogP contribution in [0.25, 0.3) is 0 Å². The summed E-state index contributed by atoms with van der Waals surface area (Å²) < 4.78 is 22.2. The fraction of sp³-hybridized carbons (Fsp3) is 0.923. The average Bonchev–Trinajstić information content (AvgIpc) is 3.16. The van der Waals surface area contributed by atoms with E-state index in [2.05, 4.69) is 5.32 Å². The summed E-state index contributed by atoms with van der Waals surface area (Å²) in [5, 5.41) is 2.98. The Kier molecular flexibility index (Phi) is 2.57. The van der Waals surface area contributed by atoms with Crippen LogP contribution in [0, 0.1) is 5.41 Å². The molecule has 102 valence electrons. The molecule has 0 aromatic heterocycles. The quantitative estimate of drug-likeness (QED) is 0.844. The van der Waals surface area contributed by atoms with Crippen molar-refractivity contribution in [2.75, 3.05) is 6.26 Å². The first-order valence-electron chi connectivity index (χ1n) is 6.88. The Morgan fingerprint density at radius 1 is 1.06 bits per heavy atom. The maximum absolute atomic E-state index is 12.1. The second-order valence-corrected chi connectivity index (χ2v) is 8.84. The fourth-order valence-corrected chi connectivity index (χ4v) is 4.49. The van der Waals surface area contributed by atoms with E-state index in [0.29, 0.717) is 18.3 Å². The molecule has 4 nitrogen and oxygen atoms in total. The molecule has 0 unspecified atom stereocenters. The lowest BCUT2D eigenvalue weighted by atomic mass is 9.83. The van der Waals surface area contributed by atoms with Gasteiger partial charge in [0.25, 0.3) is 0 Å². The van der Waals surface area contributed by atoms with Crippen molar-refractivity contribution in [1.29, 1.82) is 0 Å². The van der Waals surface area contributed by atoms with E-state index < -0.39 is 14.6 Å². The lowest BCUT2D eigenvalue weighted by Crippen LogP contribution is -2.47. The maximum atomic E-state index is 12.1. The molecule has 0 aromatic rings. The van der Waals surface area contributed by atoms with Gasteiger partial charge in [0.1, 0.15) is 0 Å². The van der Waals surface area contributed by atoms with Crippen molar-refractivity contribution in [1.82, 2.24) is 5.32 Å². The monoisotopic (exact) mass is 271 g/mol. The second-order valence-electron chi connectivity index (χ2n) is 6.51. The van der Waals surface area contributed by atoms with Crippen molar-refractivity contribution >= 4 is 15.7 Å². The molecule has 3 saturated carbocycles. The van der Waals surface area contributed by atoms with Gasteiger partial charge in [-0.1, -0.05) is 0 Å². The normalized spacial score (nSPS) is 28.9. The van der Waals surface area contributed by atoms with Gasteiger partial charge in [-0.3, -0.25) is 4.79 Å². The SMILES string of the molecule is CS(=O)(=O)C1(C(=O)NC2CCC3(CC2)CC3)CC1. The zero-order valence-electron chi connectivity index (χ0n) is 10.9. The summed E-state index contributed by atoms with van der Waals surface area (Å²) in [6.45, 7) is 0. The first-order chi connectivity index (χ1) is 8.37. The van der Waals surface area contributed by atoms with Gasteiger partial charge in [-0.2, -0.15) is 0 Å². The molecule has 1 N–H and O–H groups in total. The Morgan fingerprint density at radius 2 is 1.61 bits per heavy atom. The predicted octanol–water partition coefficient (Wildman–Crippen LogP) is 1.40. The van der Waals surface area contributed by atoms with Gasteiger partial charge in [0.2, 0.25) is 5.91 Å². The van der Waals surface area contributed by atoms with Crippen LogP contribution in [0.15, 0.2) is 0 Å². The highest BCUT2D eigenvalue weighted by molar-refractivity contribution is 7.93. The molecule has 0 heterocycles. The molecule has 0 atom stereocenters. The molecule has 0 saturated heterocycles. The second kappa shape index (κ2) is 3.71. The summed E-state index contributed by atoms with van der Waals surface area (Å²) in [7, 11) is -3.26. The van der Waals surface area contributed by atoms with Crippen LogP contribution in [-0.2, 0) is 14.6 Å². The molecule has 0 aromatic carbocycles. The van der Waals surface area contributed by atoms with Crippen molar-refractivity contribution in [2.45, 2.75) is 62.2 Å². The van der Waals surface area contributed by atoms with E-state index in [1.54, 1.807) is 0 Å². The van der Waals surface area contributed by atoms with Gasteiger partial charge in [0.15, 0.2) is 14.6 Å². The van der Waals surface area contributed by atoms with Crippen LogP contribution in [0.3, 0.4) is 0 Å². The van der Waals surface area contributed by atoms with Gasteiger partial charge in [-0.05, 0) is 56.8 Å². The number of amides is 1. The van der Waals surface area contributed by atoms with Gasteiger partial charge in [0.05, 0.1) is 0 Å². The third-order valence-electron chi connectivity index (χ3n) is 5.17. The minimum Gasteiger partial charge on any atom is -0.352 e. The highest BCUT2D eigenvalue weighted by Crippen LogP contribution is 2.56. The summed E-state index contributed by atoms with van der Waals surface area (Å²) in [5.74, 6) is -0.248. The van der Waals surface area contributed by atoms with Crippen LogP contribution < -0.4 is 5.32 Å². The Labute approximate surface area is 108 Å². The number of carbonyl (C=O) groups excluding carboxylic acids is 1. The van der Waals surface area contributed by atoms with Crippen molar-refractivity contribution < 1.29 is 13.2 Å². The van der Waals surface area contributed by atoms with Crippen LogP contribution in [0.1, 0.15) is 51.4 Å². The number of nitrogens with one attached hydrogen (secondary N) is 1. The highest BCUT2D eigenvalue weighted by Gasteiger charge is 2.59. The van der Waals surface area contributed by atoms with Gasteiger partial charge in [0, 0.05) is 12.3 Å². The summed E-state index contributed by atoms with van der Waals surface area (Å²) >= 11 is 0. The van der Waals surface area contributed by atoms with Crippen LogP contribution in [0.5, 0.6) is 0 Å². The molecule has 1 spiro atoms. The topological polar surface area (TPSA) is 63.2 Å². The smallest absolute Gasteiger partial charge is 0.241 e. The maximum Gasteiger partial charge on any atom is 0.241 e. The predicted molar refractivity (Wildman–Crippen MR) is 68.9 cm³/mol. The number of rotatable bonds is 3.